The third-order valence-corrected chi connectivity index (χ3v) is 1.24. The highest BCUT2D eigenvalue weighted by atomic mass is 16.3. The molecule has 1 aromatic heterocycles. The molecule has 1 rings (SSSR count). The molecule has 2 heteroatoms. The van der Waals surface area contributed by atoms with Crippen LogP contribution in [-0.4, -0.2) is 6.29 Å². The number of hydrogen-bond donors (Lipinski definition) is 0. The minimum atomic E-state index is 0.588. The number of rotatable bonds is 2. The minimum absolute atomic E-state index is 0.588. The van der Waals surface area contributed by atoms with E-state index >= 15 is 0 Å². The minimum Gasteiger partial charge on any atom is -0.464 e. The summed E-state index contributed by atoms with van der Waals surface area (Å²) in [5.74, 6) is 0.623. The maximum atomic E-state index is 10.3. The van der Waals surface area contributed by atoms with Gasteiger partial charge in [-0.1, -0.05) is 6.08 Å². The monoisotopic (exact) mass is 136 g/mol. The Morgan fingerprint density at radius 3 is 2.90 bits per heavy atom. The number of hydrogen-bond acceptors (Lipinski definition) is 2. The number of carbonyl (C=O) groups excluding carboxylic acids is 1. The molecule has 0 radical (unpaired) electrons. The van der Waals surface area contributed by atoms with Gasteiger partial charge < -0.3 is 4.42 Å². The van der Waals surface area contributed by atoms with Crippen LogP contribution in [0.4, 0.5) is 0 Å². The van der Waals surface area contributed by atoms with E-state index in [-0.39, 0.29) is 0 Å². The van der Waals surface area contributed by atoms with Gasteiger partial charge in [-0.05, 0) is 19.1 Å². The quantitative estimate of drug-likeness (QED) is 0.459. The molecule has 0 aliphatic heterocycles. The highest BCUT2D eigenvalue weighted by Crippen LogP contribution is 2.10. The van der Waals surface area contributed by atoms with E-state index in [1.165, 1.54) is 0 Å². The Morgan fingerprint density at radius 1 is 1.70 bits per heavy atom. The molecule has 0 amide bonds. The van der Waals surface area contributed by atoms with E-state index in [1.807, 2.05) is 0 Å². The van der Waals surface area contributed by atoms with Crippen molar-refractivity contribution in [1.29, 1.82) is 0 Å². The van der Waals surface area contributed by atoms with Gasteiger partial charge in [0.15, 0.2) is 6.29 Å². The molecule has 0 unspecified atom stereocenters. The third kappa shape index (κ3) is 1.16. The standard InChI is InChI=1S/C8H8O2/c1-2-7(6-9)8-4-3-5-10-8/h2-6H,1H3. The lowest BCUT2D eigenvalue weighted by molar-refractivity contribution is -0.103. The molecule has 0 N–H and O–H groups in total. The molecule has 0 bridgehead atoms. The number of aldehydes is 1. The molecule has 0 aliphatic carbocycles. The molecule has 52 valence electrons. The highest BCUT2D eigenvalue weighted by molar-refractivity contribution is 6.05. The van der Waals surface area contributed by atoms with Gasteiger partial charge in [-0.3, -0.25) is 4.79 Å². The van der Waals surface area contributed by atoms with Gasteiger partial charge in [0.05, 0.1) is 11.8 Å². The maximum absolute atomic E-state index is 10.3. The van der Waals surface area contributed by atoms with Crippen LogP contribution in [0.25, 0.3) is 5.57 Å². The molecular formula is C8H8O2. The highest BCUT2D eigenvalue weighted by Gasteiger charge is 1.99. The van der Waals surface area contributed by atoms with Crippen LogP contribution in [0.1, 0.15) is 12.7 Å². The van der Waals surface area contributed by atoms with Gasteiger partial charge in [-0.25, -0.2) is 0 Å². The van der Waals surface area contributed by atoms with Crippen LogP contribution in [0.15, 0.2) is 28.9 Å². The van der Waals surface area contributed by atoms with Crippen LogP contribution in [0.2, 0.25) is 0 Å². The Kier molecular flexibility index (Phi) is 2.05. The number of allylic oxidation sites excluding steroid dienone is 2. The first-order chi connectivity index (χ1) is 4.88. The zero-order valence-corrected chi connectivity index (χ0v) is 5.70. The Bertz CT molecular complexity index is 232. The van der Waals surface area contributed by atoms with Gasteiger partial charge in [0.25, 0.3) is 0 Å². The zero-order valence-electron chi connectivity index (χ0n) is 5.70. The Morgan fingerprint density at radius 2 is 2.50 bits per heavy atom. The summed E-state index contributed by atoms with van der Waals surface area (Å²) in [4.78, 5) is 10.3. The van der Waals surface area contributed by atoms with Crippen LogP contribution in [0.5, 0.6) is 0 Å². The van der Waals surface area contributed by atoms with E-state index in [0.717, 1.165) is 6.29 Å². The summed E-state index contributed by atoms with van der Waals surface area (Å²) in [6.07, 6.45) is 4.03. The van der Waals surface area contributed by atoms with E-state index in [4.69, 9.17) is 4.42 Å². The fourth-order valence-electron chi connectivity index (χ4n) is 0.711. The summed E-state index contributed by atoms with van der Waals surface area (Å²) in [5, 5.41) is 0. The van der Waals surface area contributed by atoms with Crippen LogP contribution in [-0.2, 0) is 4.79 Å². The second kappa shape index (κ2) is 3.01. The number of carbonyl (C=O) groups is 1. The molecule has 0 fully saturated rings. The molecule has 0 spiro atoms. The van der Waals surface area contributed by atoms with E-state index < -0.39 is 0 Å². The van der Waals surface area contributed by atoms with E-state index in [9.17, 15) is 4.79 Å². The molecule has 10 heavy (non-hydrogen) atoms. The second-order valence-corrected chi connectivity index (χ2v) is 1.84. The third-order valence-electron chi connectivity index (χ3n) is 1.24. The van der Waals surface area contributed by atoms with E-state index in [1.54, 1.807) is 31.4 Å². The Hall–Kier alpha value is -1.31. The summed E-state index contributed by atoms with van der Waals surface area (Å²) in [6, 6.07) is 3.51. The van der Waals surface area contributed by atoms with Gasteiger partial charge in [-0.15, -0.1) is 0 Å². The Labute approximate surface area is 59.2 Å². The molecule has 2 nitrogen and oxygen atoms in total. The van der Waals surface area contributed by atoms with Crippen molar-refractivity contribution in [1.82, 2.24) is 0 Å². The van der Waals surface area contributed by atoms with Crippen molar-refractivity contribution in [2.45, 2.75) is 6.92 Å². The molecule has 0 atom stereocenters. The van der Waals surface area contributed by atoms with Crippen LogP contribution in [0, 0.1) is 0 Å². The van der Waals surface area contributed by atoms with Crippen molar-refractivity contribution in [2.75, 3.05) is 0 Å². The van der Waals surface area contributed by atoms with E-state index in [0.29, 0.717) is 11.3 Å². The van der Waals surface area contributed by atoms with Crippen molar-refractivity contribution >= 4 is 11.9 Å². The topological polar surface area (TPSA) is 30.2 Å². The first kappa shape index (κ1) is 6.81. The predicted octanol–water partition coefficient (Wildman–Crippen LogP) is 1.88. The van der Waals surface area contributed by atoms with Gasteiger partial charge in [0.1, 0.15) is 5.76 Å². The molecule has 1 aromatic rings. The van der Waals surface area contributed by atoms with Crippen LogP contribution < -0.4 is 0 Å². The van der Waals surface area contributed by atoms with Crippen LogP contribution in [0.3, 0.4) is 0 Å². The normalized spacial score (nSPS) is 11.5. The lowest BCUT2D eigenvalue weighted by Crippen LogP contribution is -1.79. The second-order valence-electron chi connectivity index (χ2n) is 1.84. The Balaban J connectivity index is 2.95. The molecule has 0 aromatic carbocycles. The predicted molar refractivity (Wildman–Crippen MR) is 38.4 cm³/mol. The lowest BCUT2D eigenvalue weighted by Gasteiger charge is -1.88. The van der Waals surface area contributed by atoms with Gasteiger partial charge in [0, 0.05) is 0 Å². The first-order valence-electron chi connectivity index (χ1n) is 3.04. The molecule has 0 aliphatic rings. The largest absolute Gasteiger partial charge is 0.464 e. The average Bonchev–Trinajstić information content (AvgIpc) is 2.43. The van der Waals surface area contributed by atoms with Crippen molar-refractivity contribution in [3.8, 4) is 0 Å². The molecular weight excluding hydrogens is 128 g/mol. The smallest absolute Gasteiger partial charge is 0.153 e. The fraction of sp³-hybridized carbons (Fsp3) is 0.125. The zero-order chi connectivity index (χ0) is 7.40. The SMILES string of the molecule is CC=C(C=O)c1ccco1. The van der Waals surface area contributed by atoms with Gasteiger partial charge in [-0.2, -0.15) is 0 Å². The molecule has 1 heterocycles. The number of furan rings is 1. The summed E-state index contributed by atoms with van der Waals surface area (Å²) in [6.45, 7) is 1.80. The molecule has 0 saturated heterocycles. The lowest BCUT2D eigenvalue weighted by atomic mass is 10.2. The van der Waals surface area contributed by atoms with E-state index in [2.05, 4.69) is 0 Å². The molecule has 0 saturated carbocycles. The van der Waals surface area contributed by atoms with Gasteiger partial charge >= 0.3 is 0 Å². The summed E-state index contributed by atoms with van der Waals surface area (Å²) >= 11 is 0. The summed E-state index contributed by atoms with van der Waals surface area (Å²) in [5.41, 5.74) is 0.588. The van der Waals surface area contributed by atoms with Crippen LogP contribution >= 0.6 is 0 Å². The van der Waals surface area contributed by atoms with Crippen molar-refractivity contribution in [2.24, 2.45) is 0 Å². The van der Waals surface area contributed by atoms with Crippen molar-refractivity contribution in [3.05, 3.63) is 30.2 Å². The van der Waals surface area contributed by atoms with Crippen molar-refractivity contribution in [3.63, 3.8) is 0 Å². The summed E-state index contributed by atoms with van der Waals surface area (Å²) in [7, 11) is 0. The van der Waals surface area contributed by atoms with Gasteiger partial charge in [0.2, 0.25) is 0 Å². The summed E-state index contributed by atoms with van der Waals surface area (Å²) < 4.78 is 4.98. The average molecular weight is 136 g/mol. The first-order valence-corrected chi connectivity index (χ1v) is 3.04. The maximum Gasteiger partial charge on any atom is 0.153 e. The van der Waals surface area contributed by atoms with Crippen molar-refractivity contribution < 1.29 is 9.21 Å². The fourth-order valence-corrected chi connectivity index (χ4v) is 0.711.